The van der Waals surface area contributed by atoms with E-state index in [2.05, 4.69) is 16.7 Å². The fourth-order valence-electron chi connectivity index (χ4n) is 2.01. The smallest absolute Gasteiger partial charge is 0.315 e. The molecule has 21 heavy (non-hydrogen) atoms. The van der Waals surface area contributed by atoms with Gasteiger partial charge in [-0.3, -0.25) is 10.1 Å². The summed E-state index contributed by atoms with van der Waals surface area (Å²) in [7, 11) is 1.63. The van der Waals surface area contributed by atoms with Crippen molar-refractivity contribution in [3.8, 4) is 6.07 Å². The molecule has 6 nitrogen and oxygen atoms in total. The number of nitrogens with one attached hydrogen (secondary N) is 2. The van der Waals surface area contributed by atoms with Crippen molar-refractivity contribution in [3.63, 3.8) is 0 Å². The number of nitro benzene ring substituents is 1. The monoisotopic (exact) mass is 282 g/mol. The molecule has 2 aromatic carbocycles. The van der Waals surface area contributed by atoms with E-state index in [1.54, 1.807) is 43.4 Å². The third-order valence-corrected chi connectivity index (χ3v) is 3.12. The van der Waals surface area contributed by atoms with E-state index in [0.717, 1.165) is 5.56 Å². The zero-order valence-corrected chi connectivity index (χ0v) is 11.7. The number of hydrogen-bond donors (Lipinski definition) is 2. The summed E-state index contributed by atoms with van der Waals surface area (Å²) < 4.78 is 0. The van der Waals surface area contributed by atoms with Gasteiger partial charge in [-0.25, -0.2) is 0 Å². The predicted octanol–water partition coefficient (Wildman–Crippen LogP) is 3.56. The standard InChI is InChI=1S/C15H14N4O2/c1-10-6-7-11(9-16)8-14(10)18-13-5-3-4-12(17-2)15(13)19(20)21/h3-8,17-18H,1-2H3. The summed E-state index contributed by atoms with van der Waals surface area (Å²) in [4.78, 5) is 10.8. The second-order valence-electron chi connectivity index (χ2n) is 4.48. The Morgan fingerprint density at radius 3 is 2.52 bits per heavy atom. The molecule has 0 fully saturated rings. The number of anilines is 3. The molecule has 2 rings (SSSR count). The van der Waals surface area contributed by atoms with Crippen LogP contribution in [0.25, 0.3) is 0 Å². The predicted molar refractivity (Wildman–Crippen MR) is 81.8 cm³/mol. The third-order valence-electron chi connectivity index (χ3n) is 3.12. The Kier molecular flexibility index (Phi) is 4.05. The Morgan fingerprint density at radius 2 is 1.90 bits per heavy atom. The van der Waals surface area contributed by atoms with E-state index in [9.17, 15) is 10.1 Å². The Balaban J connectivity index is 2.50. The maximum atomic E-state index is 11.3. The van der Waals surface area contributed by atoms with Gasteiger partial charge in [-0.1, -0.05) is 12.1 Å². The third kappa shape index (κ3) is 2.92. The van der Waals surface area contributed by atoms with Gasteiger partial charge < -0.3 is 10.6 Å². The van der Waals surface area contributed by atoms with Crippen molar-refractivity contribution in [3.05, 3.63) is 57.6 Å². The lowest BCUT2D eigenvalue weighted by molar-refractivity contribution is -0.383. The molecule has 0 spiro atoms. The molecule has 0 amide bonds. The highest BCUT2D eigenvalue weighted by atomic mass is 16.6. The van der Waals surface area contributed by atoms with Crippen molar-refractivity contribution in [1.82, 2.24) is 0 Å². The second kappa shape index (κ2) is 5.92. The quantitative estimate of drug-likeness (QED) is 0.661. The van der Waals surface area contributed by atoms with Gasteiger partial charge in [0, 0.05) is 12.7 Å². The summed E-state index contributed by atoms with van der Waals surface area (Å²) >= 11 is 0. The minimum Gasteiger partial charge on any atom is -0.382 e. The highest BCUT2D eigenvalue weighted by molar-refractivity contribution is 5.80. The molecule has 0 atom stereocenters. The lowest BCUT2D eigenvalue weighted by Crippen LogP contribution is -2.02. The summed E-state index contributed by atoms with van der Waals surface area (Å²) in [6.07, 6.45) is 0. The van der Waals surface area contributed by atoms with Gasteiger partial charge in [0.25, 0.3) is 0 Å². The number of aryl methyl sites for hydroxylation is 1. The number of rotatable bonds is 4. The highest BCUT2D eigenvalue weighted by Crippen LogP contribution is 2.35. The van der Waals surface area contributed by atoms with Crippen LogP contribution in [0.1, 0.15) is 11.1 Å². The molecule has 106 valence electrons. The first-order valence-electron chi connectivity index (χ1n) is 6.29. The average molecular weight is 282 g/mol. The molecule has 0 radical (unpaired) electrons. The van der Waals surface area contributed by atoms with Crippen LogP contribution in [0.15, 0.2) is 36.4 Å². The molecule has 6 heteroatoms. The molecule has 0 heterocycles. The van der Waals surface area contributed by atoms with Crippen molar-refractivity contribution in [1.29, 1.82) is 5.26 Å². The maximum absolute atomic E-state index is 11.3. The first-order chi connectivity index (χ1) is 10.1. The summed E-state index contributed by atoms with van der Waals surface area (Å²) in [6, 6.07) is 12.2. The van der Waals surface area contributed by atoms with Crippen molar-refractivity contribution in [2.24, 2.45) is 0 Å². The number of benzene rings is 2. The van der Waals surface area contributed by atoms with Crippen molar-refractivity contribution < 1.29 is 4.92 Å². The number of para-hydroxylation sites is 1. The van der Waals surface area contributed by atoms with E-state index >= 15 is 0 Å². The van der Waals surface area contributed by atoms with Gasteiger partial charge in [-0.15, -0.1) is 0 Å². The minimum absolute atomic E-state index is 0.0261. The van der Waals surface area contributed by atoms with E-state index in [1.807, 2.05) is 6.92 Å². The number of nitriles is 1. The number of nitrogens with zero attached hydrogens (tertiary/aromatic N) is 2. The second-order valence-corrected chi connectivity index (χ2v) is 4.48. The van der Waals surface area contributed by atoms with Crippen LogP contribution in [-0.2, 0) is 0 Å². The van der Waals surface area contributed by atoms with Gasteiger partial charge in [0.15, 0.2) is 0 Å². The first kappa shape index (κ1) is 14.3. The summed E-state index contributed by atoms with van der Waals surface area (Å²) in [5, 5.41) is 26.1. The molecule has 2 N–H and O–H groups in total. The zero-order chi connectivity index (χ0) is 15.4. The molecule has 0 saturated heterocycles. The normalized spacial score (nSPS) is 9.76. The Labute approximate surface area is 122 Å². The lowest BCUT2D eigenvalue weighted by atomic mass is 10.1. The first-order valence-corrected chi connectivity index (χ1v) is 6.29. The largest absolute Gasteiger partial charge is 0.382 e. The van der Waals surface area contributed by atoms with Crippen molar-refractivity contribution >= 4 is 22.7 Å². The molecule has 0 aromatic heterocycles. The van der Waals surface area contributed by atoms with Gasteiger partial charge in [0.1, 0.15) is 11.4 Å². The fourth-order valence-corrected chi connectivity index (χ4v) is 2.01. The Morgan fingerprint density at radius 1 is 1.19 bits per heavy atom. The van der Waals surface area contributed by atoms with Crippen molar-refractivity contribution in [2.45, 2.75) is 6.92 Å². The topological polar surface area (TPSA) is 91.0 Å². The molecular formula is C15H14N4O2. The SMILES string of the molecule is CNc1cccc(Nc2cc(C#N)ccc2C)c1[N+](=O)[O-]. The van der Waals surface area contributed by atoms with E-state index in [4.69, 9.17) is 5.26 Å². The van der Waals surface area contributed by atoms with Gasteiger partial charge in [-0.2, -0.15) is 5.26 Å². The Hall–Kier alpha value is -3.07. The summed E-state index contributed by atoms with van der Waals surface area (Å²) in [5.74, 6) is 0. The van der Waals surface area contributed by atoms with Crippen LogP contribution in [-0.4, -0.2) is 12.0 Å². The van der Waals surface area contributed by atoms with Crippen LogP contribution in [0.2, 0.25) is 0 Å². The van der Waals surface area contributed by atoms with Gasteiger partial charge in [0.05, 0.1) is 16.6 Å². The molecule has 0 saturated carbocycles. The molecular weight excluding hydrogens is 268 g/mol. The zero-order valence-electron chi connectivity index (χ0n) is 11.7. The van der Waals surface area contributed by atoms with Crippen LogP contribution < -0.4 is 10.6 Å². The summed E-state index contributed by atoms with van der Waals surface area (Å²) in [5.41, 5.74) is 2.85. The van der Waals surface area contributed by atoms with Crippen LogP contribution in [0.4, 0.5) is 22.7 Å². The van der Waals surface area contributed by atoms with Crippen LogP contribution in [0.3, 0.4) is 0 Å². The molecule has 0 aliphatic heterocycles. The Bertz CT molecular complexity index is 735. The van der Waals surface area contributed by atoms with E-state index in [0.29, 0.717) is 22.6 Å². The van der Waals surface area contributed by atoms with Crippen LogP contribution in [0, 0.1) is 28.4 Å². The van der Waals surface area contributed by atoms with Crippen LogP contribution in [0.5, 0.6) is 0 Å². The number of nitro groups is 1. The van der Waals surface area contributed by atoms with E-state index < -0.39 is 4.92 Å². The minimum atomic E-state index is -0.433. The molecule has 0 aliphatic rings. The number of hydrogen-bond acceptors (Lipinski definition) is 5. The highest BCUT2D eigenvalue weighted by Gasteiger charge is 2.19. The van der Waals surface area contributed by atoms with Crippen molar-refractivity contribution in [2.75, 3.05) is 17.7 Å². The van der Waals surface area contributed by atoms with Gasteiger partial charge >= 0.3 is 5.69 Å². The summed E-state index contributed by atoms with van der Waals surface area (Å²) in [6.45, 7) is 1.87. The molecule has 0 unspecified atom stereocenters. The lowest BCUT2D eigenvalue weighted by Gasteiger charge is -2.12. The maximum Gasteiger partial charge on any atom is 0.315 e. The molecule has 0 aliphatic carbocycles. The van der Waals surface area contributed by atoms with E-state index in [1.165, 1.54) is 0 Å². The van der Waals surface area contributed by atoms with Crippen LogP contribution >= 0.6 is 0 Å². The molecule has 0 bridgehead atoms. The fraction of sp³-hybridized carbons (Fsp3) is 0.133. The van der Waals surface area contributed by atoms with E-state index in [-0.39, 0.29) is 5.69 Å². The average Bonchev–Trinajstić information content (AvgIpc) is 2.48. The molecule has 2 aromatic rings. The van der Waals surface area contributed by atoms with Gasteiger partial charge in [0.2, 0.25) is 0 Å². The van der Waals surface area contributed by atoms with Gasteiger partial charge in [-0.05, 0) is 36.8 Å².